The Labute approximate surface area is 79.2 Å². The lowest BCUT2D eigenvalue weighted by Crippen LogP contribution is -2.08. The van der Waals surface area contributed by atoms with E-state index in [2.05, 4.69) is 19.9 Å². The molecule has 3 rings (SSSR count). The van der Waals surface area contributed by atoms with Crippen molar-refractivity contribution in [1.29, 1.82) is 0 Å². The van der Waals surface area contributed by atoms with Crippen LogP contribution in [0.25, 0.3) is 11.4 Å². The minimum Gasteiger partial charge on any atom is -0.483 e. The summed E-state index contributed by atoms with van der Waals surface area (Å²) < 4.78 is 5.41. The van der Waals surface area contributed by atoms with Gasteiger partial charge in [0, 0.05) is 0 Å². The van der Waals surface area contributed by atoms with Gasteiger partial charge in [-0.2, -0.15) is 0 Å². The monoisotopic (exact) mass is 189 g/mol. The lowest BCUT2D eigenvalue weighted by atomic mass is 10.2. The fourth-order valence-corrected chi connectivity index (χ4v) is 1.44. The van der Waals surface area contributed by atoms with Gasteiger partial charge in [-0.25, -0.2) is 15.0 Å². The van der Waals surface area contributed by atoms with Crippen molar-refractivity contribution in [3.8, 4) is 17.1 Å². The van der Waals surface area contributed by atoms with Crippen LogP contribution in [0.5, 0.6) is 5.75 Å². The maximum atomic E-state index is 5.49. The average Bonchev–Trinajstić information content (AvgIpc) is 2.65. The Bertz CT molecular complexity index is 492. The standard InChI is InChI=1S/C8H7N5O/c9-8-10-1-5-7(13-8)6-4(2-14-5)11-3-12-6/h1,3H,2H2,(H,11,12)(H2,9,10,13). The molecule has 3 N–H and O–H groups in total. The van der Waals surface area contributed by atoms with Crippen molar-refractivity contribution in [3.05, 3.63) is 18.2 Å². The van der Waals surface area contributed by atoms with E-state index in [0.717, 1.165) is 11.4 Å². The molecule has 0 saturated heterocycles. The molecular weight excluding hydrogens is 182 g/mol. The summed E-state index contributed by atoms with van der Waals surface area (Å²) in [6.45, 7) is 0.468. The number of rotatable bonds is 0. The van der Waals surface area contributed by atoms with Crippen LogP contribution in [-0.2, 0) is 6.61 Å². The fraction of sp³-hybridized carbons (Fsp3) is 0.125. The van der Waals surface area contributed by atoms with E-state index in [1.165, 1.54) is 0 Å². The molecule has 0 amide bonds. The smallest absolute Gasteiger partial charge is 0.220 e. The highest BCUT2D eigenvalue weighted by molar-refractivity contribution is 5.66. The van der Waals surface area contributed by atoms with Crippen molar-refractivity contribution in [2.24, 2.45) is 0 Å². The molecule has 1 aliphatic rings. The van der Waals surface area contributed by atoms with Gasteiger partial charge in [0.25, 0.3) is 0 Å². The summed E-state index contributed by atoms with van der Waals surface area (Å²) in [4.78, 5) is 15.1. The average molecular weight is 189 g/mol. The normalized spacial score (nSPS) is 12.9. The Morgan fingerprint density at radius 3 is 3.21 bits per heavy atom. The van der Waals surface area contributed by atoms with Crippen molar-refractivity contribution >= 4 is 5.95 Å². The number of nitrogens with one attached hydrogen (secondary N) is 1. The van der Waals surface area contributed by atoms with Gasteiger partial charge >= 0.3 is 0 Å². The number of anilines is 1. The van der Waals surface area contributed by atoms with E-state index in [0.29, 0.717) is 18.1 Å². The highest BCUT2D eigenvalue weighted by atomic mass is 16.5. The van der Waals surface area contributed by atoms with E-state index in [1.54, 1.807) is 12.5 Å². The number of nitrogens with two attached hydrogens (primary N) is 1. The molecule has 2 aromatic rings. The van der Waals surface area contributed by atoms with Gasteiger partial charge in [-0.3, -0.25) is 0 Å². The third kappa shape index (κ3) is 0.875. The summed E-state index contributed by atoms with van der Waals surface area (Å²) in [5.41, 5.74) is 7.85. The van der Waals surface area contributed by atoms with E-state index in [1.807, 2.05) is 0 Å². The van der Waals surface area contributed by atoms with Gasteiger partial charge in [0.2, 0.25) is 5.95 Å². The van der Waals surface area contributed by atoms with Crippen LogP contribution in [0, 0.1) is 0 Å². The lowest BCUT2D eigenvalue weighted by molar-refractivity contribution is 0.295. The second kappa shape index (κ2) is 2.44. The SMILES string of the molecule is Nc1ncc2c(n1)-c1nc[nH]c1CO2. The third-order valence-electron chi connectivity index (χ3n) is 2.09. The maximum Gasteiger partial charge on any atom is 0.220 e. The minimum absolute atomic E-state index is 0.225. The summed E-state index contributed by atoms with van der Waals surface area (Å²) in [5, 5.41) is 0. The van der Waals surface area contributed by atoms with Gasteiger partial charge in [-0.15, -0.1) is 0 Å². The predicted octanol–water partition coefficient (Wildman–Crippen LogP) is 0.341. The van der Waals surface area contributed by atoms with Gasteiger partial charge in [-0.1, -0.05) is 0 Å². The van der Waals surface area contributed by atoms with Gasteiger partial charge in [0.15, 0.2) is 5.75 Å². The number of hydrogen-bond acceptors (Lipinski definition) is 5. The molecule has 3 heterocycles. The van der Waals surface area contributed by atoms with Gasteiger partial charge < -0.3 is 15.5 Å². The molecule has 6 heteroatoms. The maximum absolute atomic E-state index is 5.49. The van der Waals surface area contributed by atoms with Crippen molar-refractivity contribution in [2.45, 2.75) is 6.61 Å². The Morgan fingerprint density at radius 1 is 1.36 bits per heavy atom. The fourth-order valence-electron chi connectivity index (χ4n) is 1.44. The molecule has 6 nitrogen and oxygen atoms in total. The summed E-state index contributed by atoms with van der Waals surface area (Å²) in [7, 11) is 0. The van der Waals surface area contributed by atoms with Crippen molar-refractivity contribution in [1.82, 2.24) is 19.9 Å². The largest absolute Gasteiger partial charge is 0.483 e. The Kier molecular flexibility index (Phi) is 1.27. The molecule has 2 aromatic heterocycles. The van der Waals surface area contributed by atoms with Gasteiger partial charge in [-0.05, 0) is 0 Å². The summed E-state index contributed by atoms with van der Waals surface area (Å²) in [6, 6.07) is 0. The van der Waals surface area contributed by atoms with E-state index in [9.17, 15) is 0 Å². The number of aromatic amines is 1. The first kappa shape index (κ1) is 7.31. The zero-order valence-electron chi connectivity index (χ0n) is 7.19. The third-order valence-corrected chi connectivity index (χ3v) is 2.09. The highest BCUT2D eigenvalue weighted by Crippen LogP contribution is 2.33. The van der Waals surface area contributed by atoms with Crippen LogP contribution in [0.15, 0.2) is 12.5 Å². The van der Waals surface area contributed by atoms with Crippen LogP contribution >= 0.6 is 0 Å². The van der Waals surface area contributed by atoms with Crippen LogP contribution in [0.1, 0.15) is 5.69 Å². The van der Waals surface area contributed by atoms with E-state index < -0.39 is 0 Å². The molecule has 1 aliphatic heterocycles. The van der Waals surface area contributed by atoms with E-state index in [-0.39, 0.29) is 5.95 Å². The quantitative estimate of drug-likeness (QED) is 0.623. The number of H-pyrrole nitrogens is 1. The number of imidazole rings is 1. The topological polar surface area (TPSA) is 89.7 Å². The molecule has 0 aliphatic carbocycles. The summed E-state index contributed by atoms with van der Waals surface area (Å²) in [5.74, 6) is 0.849. The molecule has 70 valence electrons. The van der Waals surface area contributed by atoms with Crippen molar-refractivity contribution < 1.29 is 4.74 Å². The molecule has 0 spiro atoms. The van der Waals surface area contributed by atoms with Crippen molar-refractivity contribution in [3.63, 3.8) is 0 Å². The molecule has 0 fully saturated rings. The number of nitrogens with zero attached hydrogens (tertiary/aromatic N) is 3. The highest BCUT2D eigenvalue weighted by Gasteiger charge is 2.21. The Balaban J connectivity index is 2.28. The van der Waals surface area contributed by atoms with Crippen LogP contribution in [0.2, 0.25) is 0 Å². The second-order valence-electron chi connectivity index (χ2n) is 2.96. The lowest BCUT2D eigenvalue weighted by Gasteiger charge is -2.14. The molecule has 0 saturated carbocycles. The number of aromatic nitrogens is 4. The molecule has 0 unspecified atom stereocenters. The molecule has 0 bridgehead atoms. The number of nitrogen functional groups attached to an aromatic ring is 1. The van der Waals surface area contributed by atoms with E-state index in [4.69, 9.17) is 10.5 Å². The van der Waals surface area contributed by atoms with E-state index >= 15 is 0 Å². The van der Waals surface area contributed by atoms with Gasteiger partial charge in [0.05, 0.1) is 18.2 Å². The molecule has 0 radical (unpaired) electrons. The predicted molar refractivity (Wildman–Crippen MR) is 48.4 cm³/mol. The first-order valence-corrected chi connectivity index (χ1v) is 4.12. The van der Waals surface area contributed by atoms with Crippen LogP contribution in [-0.4, -0.2) is 19.9 Å². The number of hydrogen-bond donors (Lipinski definition) is 2. The van der Waals surface area contributed by atoms with Crippen LogP contribution in [0.4, 0.5) is 5.95 Å². The molecular formula is C8H7N5O. The first-order chi connectivity index (χ1) is 6.84. The minimum atomic E-state index is 0.225. The summed E-state index contributed by atoms with van der Waals surface area (Å²) >= 11 is 0. The summed E-state index contributed by atoms with van der Waals surface area (Å²) in [6.07, 6.45) is 3.18. The molecule has 0 aromatic carbocycles. The van der Waals surface area contributed by atoms with Crippen LogP contribution in [0.3, 0.4) is 0 Å². The second-order valence-corrected chi connectivity index (χ2v) is 2.96. The van der Waals surface area contributed by atoms with Gasteiger partial charge in [0.1, 0.15) is 18.0 Å². The number of fused-ring (bicyclic) bond motifs is 3. The molecule has 14 heavy (non-hydrogen) atoms. The number of ether oxygens (including phenoxy) is 1. The first-order valence-electron chi connectivity index (χ1n) is 4.12. The Morgan fingerprint density at radius 2 is 2.29 bits per heavy atom. The van der Waals surface area contributed by atoms with Crippen LogP contribution < -0.4 is 10.5 Å². The van der Waals surface area contributed by atoms with Crippen molar-refractivity contribution in [2.75, 3.05) is 5.73 Å². The Hall–Kier alpha value is -2.11. The molecule has 0 atom stereocenters. The zero-order valence-corrected chi connectivity index (χ0v) is 7.19. The zero-order chi connectivity index (χ0) is 9.54.